The smallest absolute Gasteiger partial charge is 0.244 e. The average Bonchev–Trinajstić information content (AvgIpc) is 3.32. The number of aromatic nitrogens is 2. The minimum atomic E-state index is -0.527. The maximum atomic E-state index is 10.1. The molecule has 0 spiro atoms. The van der Waals surface area contributed by atoms with Crippen LogP contribution in [0.25, 0.3) is 10.6 Å². The first-order valence-electron chi connectivity index (χ1n) is 7.81. The molecule has 0 radical (unpaired) electrons. The number of rotatable bonds is 3. The molecule has 3 aromatic rings. The number of nitrogens with one attached hydrogen (secondary N) is 1. The molecule has 0 unspecified atom stereocenters. The van der Waals surface area contributed by atoms with Crippen molar-refractivity contribution in [1.29, 1.82) is 5.26 Å². The summed E-state index contributed by atoms with van der Waals surface area (Å²) >= 11 is 4.88. The molecule has 0 saturated carbocycles. The van der Waals surface area contributed by atoms with Crippen LogP contribution in [0.5, 0.6) is 17.4 Å². The molecular weight excluding hydrogens is 432 g/mol. The first kappa shape index (κ1) is 17.5. The van der Waals surface area contributed by atoms with E-state index in [1.807, 2.05) is 17.5 Å². The molecular formula is C18H13BrN4O3S. The molecule has 136 valence electrons. The van der Waals surface area contributed by atoms with Gasteiger partial charge in [-0.3, -0.25) is 5.10 Å². The van der Waals surface area contributed by atoms with Gasteiger partial charge in [0, 0.05) is 0 Å². The van der Waals surface area contributed by atoms with E-state index >= 15 is 0 Å². The van der Waals surface area contributed by atoms with Crippen LogP contribution >= 0.6 is 27.3 Å². The number of methoxy groups -OCH3 is 1. The Morgan fingerprint density at radius 3 is 2.96 bits per heavy atom. The Hall–Kier alpha value is -2.96. The predicted octanol–water partition coefficient (Wildman–Crippen LogP) is 3.83. The molecule has 27 heavy (non-hydrogen) atoms. The van der Waals surface area contributed by atoms with E-state index in [1.165, 1.54) is 7.11 Å². The maximum absolute atomic E-state index is 10.1. The van der Waals surface area contributed by atoms with E-state index in [0.29, 0.717) is 21.5 Å². The highest BCUT2D eigenvalue weighted by Crippen LogP contribution is 2.48. The van der Waals surface area contributed by atoms with Crippen LogP contribution in [0.1, 0.15) is 17.0 Å². The Balaban J connectivity index is 1.99. The van der Waals surface area contributed by atoms with Crippen molar-refractivity contribution in [3.05, 3.63) is 56.7 Å². The number of H-pyrrole nitrogens is 1. The molecule has 0 aliphatic carbocycles. The zero-order valence-corrected chi connectivity index (χ0v) is 16.4. The van der Waals surface area contributed by atoms with Crippen LogP contribution in [0.4, 0.5) is 0 Å². The molecule has 0 bridgehead atoms. The SMILES string of the molecule is COc1cc([C@@H]2C(C#N)=C(N)Oc3n[nH]c(-c4cccs4)c32)cc(Br)c1O. The van der Waals surface area contributed by atoms with Gasteiger partial charge in [0.25, 0.3) is 0 Å². The lowest BCUT2D eigenvalue weighted by molar-refractivity contribution is 0.369. The Bertz CT molecular complexity index is 1100. The van der Waals surface area contributed by atoms with Gasteiger partial charge in [0.15, 0.2) is 11.5 Å². The summed E-state index contributed by atoms with van der Waals surface area (Å²) in [5.74, 6) is 0.0602. The summed E-state index contributed by atoms with van der Waals surface area (Å²) < 4.78 is 11.3. The van der Waals surface area contributed by atoms with Crippen LogP contribution in [0, 0.1) is 11.3 Å². The fourth-order valence-corrected chi connectivity index (χ4v) is 4.30. The summed E-state index contributed by atoms with van der Waals surface area (Å²) in [6, 6.07) is 9.44. The van der Waals surface area contributed by atoms with Gasteiger partial charge in [0.1, 0.15) is 11.6 Å². The minimum absolute atomic E-state index is 0.00222. The zero-order valence-electron chi connectivity index (χ0n) is 14.0. The van der Waals surface area contributed by atoms with E-state index in [4.69, 9.17) is 15.2 Å². The van der Waals surface area contributed by atoms with Gasteiger partial charge >= 0.3 is 0 Å². The molecule has 0 fully saturated rings. The van der Waals surface area contributed by atoms with E-state index in [2.05, 4.69) is 32.2 Å². The number of aromatic amines is 1. The van der Waals surface area contributed by atoms with E-state index in [9.17, 15) is 10.4 Å². The van der Waals surface area contributed by atoms with Gasteiger partial charge in [-0.25, -0.2) is 0 Å². The summed E-state index contributed by atoms with van der Waals surface area (Å²) in [7, 11) is 1.46. The molecule has 3 heterocycles. The highest BCUT2D eigenvalue weighted by molar-refractivity contribution is 9.10. The standard InChI is InChI=1S/C18H13BrN4O3S/c1-25-11-6-8(5-10(19)16(11)24)13-9(7-20)17(21)26-18-14(13)15(22-23-18)12-3-2-4-27-12/h2-6,13,24H,21H2,1H3,(H,22,23)/t13-/m1/s1. The lowest BCUT2D eigenvalue weighted by atomic mass is 9.83. The Kier molecular flexibility index (Phi) is 4.30. The number of thiophene rings is 1. The third-order valence-electron chi connectivity index (χ3n) is 4.31. The van der Waals surface area contributed by atoms with Gasteiger partial charge in [-0.15, -0.1) is 16.4 Å². The van der Waals surface area contributed by atoms with Crippen LogP contribution in [0.3, 0.4) is 0 Å². The molecule has 0 saturated heterocycles. The number of phenols is 1. The highest BCUT2D eigenvalue weighted by atomic mass is 79.9. The van der Waals surface area contributed by atoms with E-state index in [1.54, 1.807) is 23.5 Å². The Morgan fingerprint density at radius 2 is 2.30 bits per heavy atom. The van der Waals surface area contributed by atoms with Gasteiger partial charge in [0.05, 0.1) is 33.6 Å². The van der Waals surface area contributed by atoms with Gasteiger partial charge in [-0.05, 0) is 45.1 Å². The van der Waals surface area contributed by atoms with Crippen molar-refractivity contribution < 1.29 is 14.6 Å². The van der Waals surface area contributed by atoms with Gasteiger partial charge < -0.3 is 20.3 Å². The van der Waals surface area contributed by atoms with Gasteiger partial charge in [-0.2, -0.15) is 5.26 Å². The number of hydrogen-bond acceptors (Lipinski definition) is 7. The summed E-state index contributed by atoms with van der Waals surface area (Å²) in [6.45, 7) is 0. The lowest BCUT2D eigenvalue weighted by Gasteiger charge is -2.24. The number of aromatic hydroxyl groups is 1. The van der Waals surface area contributed by atoms with E-state index in [-0.39, 0.29) is 23.0 Å². The minimum Gasteiger partial charge on any atom is -0.503 e. The zero-order chi connectivity index (χ0) is 19.1. The summed E-state index contributed by atoms with van der Waals surface area (Å²) in [5.41, 5.74) is 8.43. The quantitative estimate of drug-likeness (QED) is 0.564. The second kappa shape index (κ2) is 6.64. The van der Waals surface area contributed by atoms with Crippen molar-refractivity contribution in [3.8, 4) is 34.0 Å². The van der Waals surface area contributed by atoms with Crippen molar-refractivity contribution in [3.63, 3.8) is 0 Å². The van der Waals surface area contributed by atoms with Crippen LogP contribution in [-0.2, 0) is 0 Å². The lowest BCUT2D eigenvalue weighted by Crippen LogP contribution is -2.21. The molecule has 1 aliphatic rings. The predicted molar refractivity (Wildman–Crippen MR) is 104 cm³/mol. The van der Waals surface area contributed by atoms with Gasteiger partial charge in [0.2, 0.25) is 11.8 Å². The normalized spacial score (nSPS) is 15.8. The van der Waals surface area contributed by atoms with Gasteiger partial charge in [-0.1, -0.05) is 6.07 Å². The fourth-order valence-electron chi connectivity index (χ4n) is 3.10. The third kappa shape index (κ3) is 2.74. The molecule has 9 heteroatoms. The number of halogens is 1. The first-order valence-corrected chi connectivity index (χ1v) is 9.48. The van der Waals surface area contributed by atoms with Crippen molar-refractivity contribution in [2.75, 3.05) is 7.11 Å². The van der Waals surface area contributed by atoms with Crippen LogP contribution in [0.15, 0.2) is 45.6 Å². The molecule has 7 nitrogen and oxygen atoms in total. The second-order valence-corrected chi connectivity index (χ2v) is 7.58. The number of allylic oxidation sites excluding steroid dienone is 1. The molecule has 2 aromatic heterocycles. The molecule has 1 atom stereocenters. The maximum Gasteiger partial charge on any atom is 0.244 e. The van der Waals surface area contributed by atoms with Crippen LogP contribution in [-0.4, -0.2) is 22.4 Å². The molecule has 0 amide bonds. The number of nitriles is 1. The number of ether oxygens (including phenoxy) is 2. The molecule has 1 aromatic carbocycles. The van der Waals surface area contributed by atoms with Crippen LogP contribution < -0.4 is 15.2 Å². The fraction of sp³-hybridized carbons (Fsp3) is 0.111. The van der Waals surface area contributed by atoms with E-state index in [0.717, 1.165) is 10.6 Å². The van der Waals surface area contributed by atoms with Crippen molar-refractivity contribution >= 4 is 27.3 Å². The summed E-state index contributed by atoms with van der Waals surface area (Å²) in [5, 5.41) is 29.1. The molecule has 4 N–H and O–H groups in total. The molecule has 4 rings (SSSR count). The average molecular weight is 445 g/mol. The summed E-state index contributed by atoms with van der Waals surface area (Å²) in [4.78, 5) is 0.958. The topological polar surface area (TPSA) is 117 Å². The number of nitrogens with zero attached hydrogens (tertiary/aromatic N) is 2. The Morgan fingerprint density at radius 1 is 1.48 bits per heavy atom. The van der Waals surface area contributed by atoms with Crippen molar-refractivity contribution in [1.82, 2.24) is 10.2 Å². The monoisotopic (exact) mass is 444 g/mol. The summed E-state index contributed by atoms with van der Waals surface area (Å²) in [6.07, 6.45) is 0. The van der Waals surface area contributed by atoms with Crippen molar-refractivity contribution in [2.45, 2.75) is 5.92 Å². The third-order valence-corrected chi connectivity index (χ3v) is 5.80. The second-order valence-electron chi connectivity index (χ2n) is 5.77. The number of benzene rings is 1. The first-order chi connectivity index (χ1) is 13.0. The van der Waals surface area contributed by atoms with Crippen LogP contribution in [0.2, 0.25) is 0 Å². The Labute approximate surface area is 166 Å². The number of hydrogen-bond donors (Lipinski definition) is 3. The largest absolute Gasteiger partial charge is 0.503 e. The molecule has 1 aliphatic heterocycles. The van der Waals surface area contributed by atoms with Crippen molar-refractivity contribution in [2.24, 2.45) is 5.73 Å². The van der Waals surface area contributed by atoms with E-state index < -0.39 is 5.92 Å². The number of fused-ring (bicyclic) bond motifs is 1. The number of nitrogens with two attached hydrogens (primary N) is 1. The number of phenolic OH excluding ortho intramolecular Hbond substituents is 1. The highest BCUT2D eigenvalue weighted by Gasteiger charge is 2.36.